The topological polar surface area (TPSA) is 76.5 Å². The molecule has 2 fully saturated rings. The van der Waals surface area contributed by atoms with Gasteiger partial charge in [-0.25, -0.2) is 4.79 Å². The molecule has 2 aliphatic rings. The zero-order chi connectivity index (χ0) is 18.4. The molecule has 3 rings (SSSR count). The molecule has 140 valence electrons. The molecule has 0 unspecified atom stereocenters. The van der Waals surface area contributed by atoms with E-state index in [2.05, 4.69) is 0 Å². The average molecular weight is 357 g/mol. The van der Waals surface area contributed by atoms with E-state index in [0.717, 1.165) is 57.6 Å². The third-order valence-corrected chi connectivity index (χ3v) is 5.38. The minimum Gasteiger partial charge on any atom is -0.459 e. The Morgan fingerprint density at radius 1 is 0.962 bits per heavy atom. The molecular formula is C21H27NO4. The van der Waals surface area contributed by atoms with Gasteiger partial charge in [-0.15, -0.1) is 0 Å². The number of esters is 2. The summed E-state index contributed by atoms with van der Waals surface area (Å²) < 4.78 is 11.1. The van der Waals surface area contributed by atoms with E-state index in [9.17, 15) is 9.59 Å². The predicted octanol–water partition coefficient (Wildman–Crippen LogP) is 4.66. The van der Waals surface area contributed by atoms with Crippen LogP contribution in [0.4, 0.5) is 0 Å². The highest BCUT2D eigenvalue weighted by atomic mass is 16.5. The van der Waals surface area contributed by atoms with Crippen molar-refractivity contribution in [2.45, 2.75) is 70.3 Å². The van der Waals surface area contributed by atoms with E-state index in [1.165, 1.54) is 12.8 Å². The van der Waals surface area contributed by atoms with Crippen molar-refractivity contribution in [3.8, 4) is 5.75 Å². The smallest absolute Gasteiger partial charge is 0.339 e. The Bertz CT molecular complexity index is 658. The molecule has 2 aliphatic carbocycles. The molecule has 1 N–H and O–H groups in total. The van der Waals surface area contributed by atoms with Crippen molar-refractivity contribution < 1.29 is 19.1 Å². The van der Waals surface area contributed by atoms with Crippen LogP contribution in [0.15, 0.2) is 18.2 Å². The highest BCUT2D eigenvalue weighted by Crippen LogP contribution is 2.27. The van der Waals surface area contributed by atoms with Gasteiger partial charge in [0.25, 0.3) is 0 Å². The third kappa shape index (κ3) is 4.71. The zero-order valence-corrected chi connectivity index (χ0v) is 15.2. The molecule has 0 bridgehead atoms. The lowest BCUT2D eigenvalue weighted by atomic mass is 9.89. The van der Waals surface area contributed by atoms with Crippen LogP contribution in [0.5, 0.6) is 5.75 Å². The Labute approximate surface area is 154 Å². The molecular weight excluding hydrogens is 330 g/mol. The van der Waals surface area contributed by atoms with Gasteiger partial charge >= 0.3 is 11.9 Å². The maximum atomic E-state index is 12.4. The first-order valence-corrected chi connectivity index (χ1v) is 9.74. The Kier molecular flexibility index (Phi) is 6.42. The minimum absolute atomic E-state index is 0.0290. The molecule has 0 aliphatic heterocycles. The molecule has 5 nitrogen and oxygen atoms in total. The summed E-state index contributed by atoms with van der Waals surface area (Å²) >= 11 is 0. The first-order valence-electron chi connectivity index (χ1n) is 9.74. The fourth-order valence-electron chi connectivity index (χ4n) is 3.85. The molecule has 1 aromatic rings. The van der Waals surface area contributed by atoms with Crippen LogP contribution < -0.4 is 4.74 Å². The summed E-state index contributed by atoms with van der Waals surface area (Å²) in [7, 11) is 0. The highest BCUT2D eigenvalue weighted by molar-refractivity contribution is 5.99. The van der Waals surface area contributed by atoms with Gasteiger partial charge in [-0.3, -0.25) is 4.79 Å². The van der Waals surface area contributed by atoms with Crippen LogP contribution >= 0.6 is 0 Å². The quantitative estimate of drug-likeness (QED) is 0.472. The van der Waals surface area contributed by atoms with Crippen LogP contribution in [0.3, 0.4) is 0 Å². The number of carbonyl (C=O) groups excluding carboxylic acids is 2. The molecule has 0 saturated heterocycles. The number of rotatable bonds is 5. The normalized spacial score (nSPS) is 18.9. The molecule has 0 aromatic heterocycles. The monoisotopic (exact) mass is 357 g/mol. The number of hydrogen-bond donors (Lipinski definition) is 1. The molecule has 0 spiro atoms. The van der Waals surface area contributed by atoms with Gasteiger partial charge in [0.2, 0.25) is 0 Å². The van der Waals surface area contributed by atoms with Gasteiger partial charge in [-0.2, -0.15) is 0 Å². The van der Waals surface area contributed by atoms with E-state index in [1.807, 2.05) is 0 Å². The lowest BCUT2D eigenvalue weighted by Crippen LogP contribution is -2.23. The van der Waals surface area contributed by atoms with E-state index in [1.54, 1.807) is 18.2 Å². The van der Waals surface area contributed by atoms with Crippen LogP contribution in [0.1, 0.15) is 80.1 Å². The summed E-state index contributed by atoms with van der Waals surface area (Å²) in [6.45, 7) is 0. The molecule has 2 saturated carbocycles. The fourth-order valence-corrected chi connectivity index (χ4v) is 3.85. The Balaban J connectivity index is 1.65. The first-order chi connectivity index (χ1) is 12.7. The van der Waals surface area contributed by atoms with Crippen LogP contribution in [-0.2, 0) is 9.53 Å². The van der Waals surface area contributed by atoms with Gasteiger partial charge in [0.1, 0.15) is 11.9 Å². The van der Waals surface area contributed by atoms with Crippen molar-refractivity contribution in [2.75, 3.05) is 0 Å². The van der Waals surface area contributed by atoms with E-state index < -0.39 is 5.97 Å². The van der Waals surface area contributed by atoms with Gasteiger partial charge in [0.05, 0.1) is 11.5 Å². The SMILES string of the molecule is N=Cc1cc(OC(=O)C2CCCCC2)ccc1C(=O)OC1CCCCC1. The van der Waals surface area contributed by atoms with E-state index >= 15 is 0 Å². The molecule has 0 amide bonds. The summed E-state index contributed by atoms with van der Waals surface area (Å²) in [6.07, 6.45) is 11.3. The van der Waals surface area contributed by atoms with Crippen LogP contribution in [0, 0.1) is 11.3 Å². The Morgan fingerprint density at radius 3 is 2.27 bits per heavy atom. The molecule has 26 heavy (non-hydrogen) atoms. The molecule has 0 atom stereocenters. The van der Waals surface area contributed by atoms with Gasteiger partial charge in [-0.05, 0) is 56.7 Å². The lowest BCUT2D eigenvalue weighted by Gasteiger charge is -2.22. The van der Waals surface area contributed by atoms with E-state index in [-0.39, 0.29) is 18.0 Å². The number of nitrogens with one attached hydrogen (secondary N) is 1. The van der Waals surface area contributed by atoms with E-state index in [4.69, 9.17) is 14.9 Å². The fraction of sp³-hybridized carbons (Fsp3) is 0.571. The summed E-state index contributed by atoms with van der Waals surface area (Å²) in [5.41, 5.74) is 0.766. The van der Waals surface area contributed by atoms with E-state index in [0.29, 0.717) is 16.9 Å². The number of hydrogen-bond acceptors (Lipinski definition) is 5. The molecule has 5 heteroatoms. The Hall–Kier alpha value is -2.17. The lowest BCUT2D eigenvalue weighted by molar-refractivity contribution is -0.139. The molecule has 1 aromatic carbocycles. The van der Waals surface area contributed by atoms with Crippen LogP contribution in [0.25, 0.3) is 0 Å². The summed E-state index contributed by atoms with van der Waals surface area (Å²) in [5.74, 6) is -0.268. The van der Waals surface area contributed by atoms with Gasteiger partial charge in [0, 0.05) is 11.8 Å². The van der Waals surface area contributed by atoms with Gasteiger partial charge < -0.3 is 14.9 Å². The number of benzene rings is 1. The maximum Gasteiger partial charge on any atom is 0.339 e. The zero-order valence-electron chi connectivity index (χ0n) is 15.2. The number of carbonyl (C=O) groups is 2. The summed E-state index contributed by atoms with van der Waals surface area (Å²) in [4.78, 5) is 24.7. The second kappa shape index (κ2) is 8.97. The van der Waals surface area contributed by atoms with Crippen LogP contribution in [-0.4, -0.2) is 24.3 Å². The summed E-state index contributed by atoms with van der Waals surface area (Å²) in [6, 6.07) is 4.78. The standard InChI is InChI=1S/C21H27NO4/c22-14-16-13-18(26-20(23)15-7-3-1-4-8-15)11-12-19(16)21(24)25-17-9-5-2-6-10-17/h11-15,17,22H,1-10H2. The molecule has 0 heterocycles. The van der Waals surface area contributed by atoms with Crippen molar-refractivity contribution in [3.05, 3.63) is 29.3 Å². The minimum atomic E-state index is -0.402. The number of ether oxygens (including phenoxy) is 2. The van der Waals surface area contributed by atoms with Crippen LogP contribution in [0.2, 0.25) is 0 Å². The summed E-state index contributed by atoms with van der Waals surface area (Å²) in [5, 5.41) is 7.60. The van der Waals surface area contributed by atoms with Gasteiger partial charge in [-0.1, -0.05) is 25.7 Å². The third-order valence-electron chi connectivity index (χ3n) is 5.38. The average Bonchev–Trinajstić information content (AvgIpc) is 2.69. The first kappa shape index (κ1) is 18.6. The van der Waals surface area contributed by atoms with Crippen molar-refractivity contribution in [1.29, 1.82) is 5.41 Å². The van der Waals surface area contributed by atoms with Crippen molar-refractivity contribution in [1.82, 2.24) is 0 Å². The predicted molar refractivity (Wildman–Crippen MR) is 98.8 cm³/mol. The molecule has 0 radical (unpaired) electrons. The largest absolute Gasteiger partial charge is 0.459 e. The van der Waals surface area contributed by atoms with Crippen molar-refractivity contribution >= 4 is 18.2 Å². The van der Waals surface area contributed by atoms with Crippen molar-refractivity contribution in [3.63, 3.8) is 0 Å². The van der Waals surface area contributed by atoms with Gasteiger partial charge in [0.15, 0.2) is 0 Å². The highest BCUT2D eigenvalue weighted by Gasteiger charge is 2.24. The maximum absolute atomic E-state index is 12.4. The van der Waals surface area contributed by atoms with Crippen molar-refractivity contribution in [2.24, 2.45) is 5.92 Å². The second-order valence-corrected chi connectivity index (χ2v) is 7.31. The Morgan fingerprint density at radius 2 is 1.62 bits per heavy atom. The second-order valence-electron chi connectivity index (χ2n) is 7.31.